The van der Waals surface area contributed by atoms with Gasteiger partial charge in [-0.25, -0.2) is 15.0 Å². The Kier molecular flexibility index (Phi) is 7.08. The average Bonchev–Trinajstić information content (AvgIpc) is 3.44. The van der Waals surface area contributed by atoms with E-state index in [0.29, 0.717) is 40.5 Å². The van der Waals surface area contributed by atoms with E-state index in [1.807, 2.05) is 84.9 Å². The Morgan fingerprint density at radius 3 is 1.60 bits per heavy atom. The summed E-state index contributed by atoms with van der Waals surface area (Å²) in [7, 11) is 0. The van der Waals surface area contributed by atoms with Crippen LogP contribution in [0.15, 0.2) is 164 Å². The summed E-state index contributed by atoms with van der Waals surface area (Å²) in [6.07, 6.45) is 0. The van der Waals surface area contributed by atoms with E-state index in [4.69, 9.17) is 24.4 Å². The van der Waals surface area contributed by atoms with Crippen molar-refractivity contribution in [3.05, 3.63) is 175 Å². The summed E-state index contributed by atoms with van der Waals surface area (Å²) in [6, 6.07) is 55.9. The van der Waals surface area contributed by atoms with Crippen LogP contribution in [-0.4, -0.2) is 15.0 Å². The highest BCUT2D eigenvalue weighted by Crippen LogP contribution is 2.56. The van der Waals surface area contributed by atoms with E-state index < -0.39 is 0 Å². The van der Waals surface area contributed by atoms with Crippen LogP contribution >= 0.6 is 0 Å². The molecule has 0 N–H and O–H groups in total. The summed E-state index contributed by atoms with van der Waals surface area (Å²) >= 11 is 0. The first-order valence-electron chi connectivity index (χ1n) is 17.9. The molecule has 1 aliphatic carbocycles. The van der Waals surface area contributed by atoms with Crippen LogP contribution in [0, 0.1) is 0 Å². The summed E-state index contributed by atoms with van der Waals surface area (Å²) in [5.74, 6) is 4.50. The predicted octanol–water partition coefficient (Wildman–Crippen LogP) is 12.4. The van der Waals surface area contributed by atoms with Crippen molar-refractivity contribution < 1.29 is 9.47 Å². The molecule has 0 bridgehead atoms. The quantitative estimate of drug-likeness (QED) is 0.181. The summed E-state index contributed by atoms with van der Waals surface area (Å²) in [5, 5.41) is 0. The van der Waals surface area contributed by atoms with Crippen LogP contribution < -0.4 is 9.47 Å². The summed E-state index contributed by atoms with van der Waals surface area (Å²) in [6.45, 7) is 4.54. The van der Waals surface area contributed by atoms with E-state index in [1.165, 1.54) is 22.3 Å². The van der Waals surface area contributed by atoms with Gasteiger partial charge in [-0.15, -0.1) is 0 Å². The molecule has 2 heterocycles. The van der Waals surface area contributed by atoms with Gasteiger partial charge in [0.1, 0.15) is 0 Å². The number of nitrogens with zero attached hydrogens (tertiary/aromatic N) is 3. The second-order valence-corrected chi connectivity index (χ2v) is 14.0. The lowest BCUT2D eigenvalue weighted by Crippen LogP contribution is -2.15. The van der Waals surface area contributed by atoms with Gasteiger partial charge in [0.05, 0.1) is 0 Å². The molecule has 0 saturated heterocycles. The predicted molar refractivity (Wildman–Crippen MR) is 211 cm³/mol. The second-order valence-electron chi connectivity index (χ2n) is 14.0. The molecule has 0 atom stereocenters. The van der Waals surface area contributed by atoms with Gasteiger partial charge in [-0.2, -0.15) is 0 Å². The smallest absolute Gasteiger partial charge is 0.177 e. The topological polar surface area (TPSA) is 57.1 Å². The maximum Gasteiger partial charge on any atom is 0.177 e. The largest absolute Gasteiger partial charge is 0.449 e. The highest BCUT2D eigenvalue weighted by molar-refractivity contribution is 5.89. The van der Waals surface area contributed by atoms with E-state index in [-0.39, 0.29) is 5.41 Å². The minimum Gasteiger partial charge on any atom is -0.449 e. The van der Waals surface area contributed by atoms with Gasteiger partial charge in [0, 0.05) is 27.7 Å². The first-order chi connectivity index (χ1) is 26.0. The third-order valence-electron chi connectivity index (χ3n) is 10.4. The van der Waals surface area contributed by atoms with Gasteiger partial charge in [-0.3, -0.25) is 0 Å². The van der Waals surface area contributed by atoms with Crippen LogP contribution in [0.2, 0.25) is 0 Å². The minimum atomic E-state index is -0.144. The first-order valence-corrected chi connectivity index (χ1v) is 17.9. The minimum absolute atomic E-state index is 0.144. The Bertz CT molecular complexity index is 2700. The Labute approximate surface area is 308 Å². The number of hydrogen-bond acceptors (Lipinski definition) is 5. The van der Waals surface area contributed by atoms with E-state index in [9.17, 15) is 0 Å². The van der Waals surface area contributed by atoms with Crippen LogP contribution in [0.3, 0.4) is 0 Å². The molecule has 0 amide bonds. The molecule has 2 aliphatic rings. The molecule has 1 aliphatic heterocycles. The van der Waals surface area contributed by atoms with Crippen molar-refractivity contribution in [3.63, 3.8) is 0 Å². The molecule has 10 rings (SSSR count). The van der Waals surface area contributed by atoms with Gasteiger partial charge in [-0.1, -0.05) is 159 Å². The van der Waals surface area contributed by atoms with E-state index in [1.54, 1.807) is 0 Å². The van der Waals surface area contributed by atoms with Crippen LogP contribution in [0.1, 0.15) is 25.0 Å². The molecule has 7 aromatic carbocycles. The number of para-hydroxylation sites is 1. The molecule has 0 unspecified atom stereocenters. The Morgan fingerprint density at radius 1 is 0.358 bits per heavy atom. The van der Waals surface area contributed by atoms with Crippen molar-refractivity contribution >= 4 is 0 Å². The van der Waals surface area contributed by atoms with Crippen molar-refractivity contribution in [2.75, 3.05) is 0 Å². The van der Waals surface area contributed by atoms with Gasteiger partial charge in [0.15, 0.2) is 40.5 Å². The molecular weight excluding hydrogens is 651 g/mol. The zero-order chi connectivity index (χ0) is 35.5. The fourth-order valence-corrected chi connectivity index (χ4v) is 7.80. The molecule has 252 valence electrons. The second kappa shape index (κ2) is 12.1. The van der Waals surface area contributed by atoms with Gasteiger partial charge < -0.3 is 9.47 Å². The van der Waals surface area contributed by atoms with Crippen molar-refractivity contribution in [2.24, 2.45) is 0 Å². The SMILES string of the molecule is CC1(C)c2ccccc2-c2cc3c(cc21)Oc1cccc(-c2ccccc2-c2nc(-c4ccccc4)nc(-c4ccccc4-c4ccccc4)n2)c1O3. The van der Waals surface area contributed by atoms with Crippen LogP contribution in [0.5, 0.6) is 23.0 Å². The van der Waals surface area contributed by atoms with Crippen molar-refractivity contribution in [2.45, 2.75) is 19.3 Å². The van der Waals surface area contributed by atoms with Crippen molar-refractivity contribution in [1.29, 1.82) is 0 Å². The molecular formula is C48H33N3O2. The maximum atomic E-state index is 6.83. The third kappa shape index (κ3) is 5.12. The Hall–Kier alpha value is -6.85. The molecule has 5 nitrogen and oxygen atoms in total. The van der Waals surface area contributed by atoms with E-state index in [0.717, 1.165) is 38.9 Å². The Balaban J connectivity index is 1.12. The molecule has 0 spiro atoms. The number of aromatic nitrogens is 3. The summed E-state index contributed by atoms with van der Waals surface area (Å²) < 4.78 is 13.5. The fourth-order valence-electron chi connectivity index (χ4n) is 7.80. The number of fused-ring (bicyclic) bond motifs is 5. The normalized spacial score (nSPS) is 13.2. The summed E-state index contributed by atoms with van der Waals surface area (Å²) in [5.41, 5.74) is 11.5. The number of ether oxygens (including phenoxy) is 2. The molecule has 0 radical (unpaired) electrons. The third-order valence-corrected chi connectivity index (χ3v) is 10.4. The van der Waals surface area contributed by atoms with Gasteiger partial charge in [-0.05, 0) is 57.1 Å². The number of benzene rings is 7. The lowest BCUT2D eigenvalue weighted by atomic mass is 9.82. The van der Waals surface area contributed by atoms with Gasteiger partial charge in [0.2, 0.25) is 0 Å². The lowest BCUT2D eigenvalue weighted by Gasteiger charge is -2.26. The molecule has 0 saturated carbocycles. The van der Waals surface area contributed by atoms with Gasteiger partial charge >= 0.3 is 0 Å². The molecule has 8 aromatic rings. The first kappa shape index (κ1) is 30.9. The highest BCUT2D eigenvalue weighted by Gasteiger charge is 2.37. The zero-order valence-electron chi connectivity index (χ0n) is 29.2. The number of hydrogen-bond donors (Lipinski definition) is 0. The fraction of sp³-hybridized carbons (Fsp3) is 0.0625. The van der Waals surface area contributed by atoms with Crippen LogP contribution in [-0.2, 0) is 5.41 Å². The zero-order valence-corrected chi connectivity index (χ0v) is 29.2. The van der Waals surface area contributed by atoms with Gasteiger partial charge in [0.25, 0.3) is 0 Å². The molecule has 53 heavy (non-hydrogen) atoms. The Morgan fingerprint density at radius 2 is 0.887 bits per heavy atom. The lowest BCUT2D eigenvalue weighted by molar-refractivity contribution is 0.360. The van der Waals surface area contributed by atoms with Crippen molar-refractivity contribution in [1.82, 2.24) is 15.0 Å². The monoisotopic (exact) mass is 683 g/mol. The highest BCUT2D eigenvalue weighted by atomic mass is 16.6. The average molecular weight is 684 g/mol. The van der Waals surface area contributed by atoms with Crippen LogP contribution in [0.25, 0.3) is 67.5 Å². The van der Waals surface area contributed by atoms with Crippen molar-refractivity contribution in [3.8, 4) is 90.5 Å². The molecule has 0 fully saturated rings. The standard InChI is InChI=1S/C48H33N3O2/c1-48(2)39-26-14-13-22-34(39)38-28-42-43(29-40(38)48)52-41-27-15-25-35(44(41)53-42)33-21-10-12-24-37(33)47-50-45(31-18-7-4-8-19-31)49-46(51-47)36-23-11-9-20-32(36)30-16-5-3-6-17-30/h3-29H,1-2H3. The summed E-state index contributed by atoms with van der Waals surface area (Å²) in [4.78, 5) is 15.4. The van der Waals surface area contributed by atoms with Crippen LogP contribution in [0.4, 0.5) is 0 Å². The van der Waals surface area contributed by atoms with E-state index in [2.05, 4.69) is 92.7 Å². The molecule has 1 aromatic heterocycles. The maximum absolute atomic E-state index is 6.83. The van der Waals surface area contributed by atoms with E-state index >= 15 is 0 Å². The number of rotatable bonds is 5. The molecule has 5 heteroatoms.